The molecular weight excluding hydrogens is 316 g/mol. The van der Waals surface area contributed by atoms with Gasteiger partial charge in [0.15, 0.2) is 0 Å². The number of carbonyl (C=O) groups is 1. The van der Waals surface area contributed by atoms with Crippen LogP contribution in [0.5, 0.6) is 0 Å². The van der Waals surface area contributed by atoms with E-state index in [2.05, 4.69) is 4.72 Å². The maximum Gasteiger partial charge on any atom is 0.240 e. The smallest absolute Gasteiger partial charge is 0.240 e. The summed E-state index contributed by atoms with van der Waals surface area (Å²) in [6, 6.07) is 3.50. The van der Waals surface area contributed by atoms with Gasteiger partial charge in [0.25, 0.3) is 0 Å². The number of hydrogen-bond donors (Lipinski definition) is 1. The van der Waals surface area contributed by atoms with Crippen LogP contribution in [-0.4, -0.2) is 40.1 Å². The van der Waals surface area contributed by atoms with E-state index in [1.165, 1.54) is 6.92 Å². The van der Waals surface area contributed by atoms with Gasteiger partial charge in [-0.3, -0.25) is 4.79 Å². The molecule has 1 aromatic carbocycles. The lowest BCUT2D eigenvalue weighted by molar-refractivity contribution is -0.116. The Balaban J connectivity index is 1.86. The van der Waals surface area contributed by atoms with E-state index in [-0.39, 0.29) is 23.5 Å². The van der Waals surface area contributed by atoms with Crippen molar-refractivity contribution in [1.82, 2.24) is 4.72 Å². The fraction of sp³-hybridized carbons (Fsp3) is 0.562. The van der Waals surface area contributed by atoms with Crippen molar-refractivity contribution in [2.75, 3.05) is 24.6 Å². The molecule has 1 fully saturated rings. The second-order valence-electron chi connectivity index (χ2n) is 6.15. The van der Waals surface area contributed by atoms with Crippen molar-refractivity contribution in [3.05, 3.63) is 23.3 Å². The summed E-state index contributed by atoms with van der Waals surface area (Å²) in [5.41, 5.74) is 2.44. The van der Waals surface area contributed by atoms with Gasteiger partial charge in [-0.1, -0.05) is 6.07 Å². The number of nitrogens with one attached hydrogen (secondary N) is 1. The third-order valence-corrected chi connectivity index (χ3v) is 6.03. The van der Waals surface area contributed by atoms with Gasteiger partial charge >= 0.3 is 0 Å². The van der Waals surface area contributed by atoms with Crippen molar-refractivity contribution in [1.29, 1.82) is 0 Å². The zero-order valence-corrected chi connectivity index (χ0v) is 14.3. The van der Waals surface area contributed by atoms with Gasteiger partial charge in [0.2, 0.25) is 15.9 Å². The van der Waals surface area contributed by atoms with Gasteiger partial charge in [0, 0.05) is 32.3 Å². The molecule has 0 bridgehead atoms. The number of carbonyl (C=O) groups excluding carboxylic acids is 1. The summed E-state index contributed by atoms with van der Waals surface area (Å²) in [7, 11) is -3.62. The van der Waals surface area contributed by atoms with Crippen LogP contribution in [0.1, 0.15) is 30.9 Å². The van der Waals surface area contributed by atoms with Crippen LogP contribution < -0.4 is 9.62 Å². The van der Waals surface area contributed by atoms with Gasteiger partial charge in [-0.05, 0) is 43.4 Å². The highest BCUT2D eigenvalue weighted by Gasteiger charge is 2.27. The summed E-state index contributed by atoms with van der Waals surface area (Å²) in [4.78, 5) is 13.6. The molecule has 7 heteroatoms. The van der Waals surface area contributed by atoms with Crippen LogP contribution in [0, 0.1) is 6.92 Å². The fourth-order valence-electron chi connectivity index (χ4n) is 3.24. The van der Waals surface area contributed by atoms with Crippen LogP contribution in [0.15, 0.2) is 17.0 Å². The standard InChI is InChI=1S/C16H22N2O4S/c1-11-8-13-5-6-18(12(2)19)15(13)9-16(11)23(20,21)17-10-14-4-3-7-22-14/h8-9,14,17H,3-7,10H2,1-2H3/t14-/m1/s1. The molecule has 3 rings (SSSR count). The average Bonchev–Trinajstić information content (AvgIpc) is 3.13. The van der Waals surface area contributed by atoms with Crippen molar-refractivity contribution in [2.45, 2.75) is 44.1 Å². The molecule has 0 spiro atoms. The molecule has 1 saturated heterocycles. The first-order valence-corrected chi connectivity index (χ1v) is 9.39. The number of hydrogen-bond acceptors (Lipinski definition) is 4. The van der Waals surface area contributed by atoms with Crippen LogP contribution in [-0.2, 0) is 26.0 Å². The molecule has 126 valence electrons. The van der Waals surface area contributed by atoms with Gasteiger partial charge in [0.05, 0.1) is 11.0 Å². The molecule has 0 unspecified atom stereocenters. The second kappa shape index (κ2) is 6.22. The minimum Gasteiger partial charge on any atom is -0.377 e. The first-order valence-electron chi connectivity index (χ1n) is 7.91. The molecule has 0 aromatic heterocycles. The van der Waals surface area contributed by atoms with Crippen molar-refractivity contribution in [3.8, 4) is 0 Å². The molecule has 0 saturated carbocycles. The highest BCUT2D eigenvalue weighted by molar-refractivity contribution is 7.89. The minimum atomic E-state index is -3.62. The normalized spacial score (nSPS) is 20.8. The first-order chi connectivity index (χ1) is 10.9. The van der Waals surface area contributed by atoms with E-state index in [4.69, 9.17) is 4.74 Å². The molecule has 2 heterocycles. The van der Waals surface area contributed by atoms with Crippen molar-refractivity contribution >= 4 is 21.6 Å². The van der Waals surface area contributed by atoms with Crippen LogP contribution in [0.2, 0.25) is 0 Å². The quantitative estimate of drug-likeness (QED) is 0.899. The van der Waals surface area contributed by atoms with Gasteiger partial charge < -0.3 is 9.64 Å². The predicted octanol–water partition coefficient (Wildman–Crippen LogP) is 1.36. The van der Waals surface area contributed by atoms with Crippen LogP contribution in [0.4, 0.5) is 5.69 Å². The summed E-state index contributed by atoms with van der Waals surface area (Å²) in [6.45, 7) is 4.88. The van der Waals surface area contributed by atoms with Crippen LogP contribution in [0.3, 0.4) is 0 Å². The molecule has 1 amide bonds. The summed E-state index contributed by atoms with van der Waals surface area (Å²) in [5.74, 6) is -0.0664. The minimum absolute atomic E-state index is 0.0479. The summed E-state index contributed by atoms with van der Waals surface area (Å²) >= 11 is 0. The van der Waals surface area contributed by atoms with E-state index in [0.29, 0.717) is 24.4 Å². The highest BCUT2D eigenvalue weighted by atomic mass is 32.2. The largest absolute Gasteiger partial charge is 0.377 e. The lowest BCUT2D eigenvalue weighted by atomic mass is 10.1. The van der Waals surface area contributed by atoms with Crippen LogP contribution >= 0.6 is 0 Å². The third kappa shape index (κ3) is 3.27. The molecule has 0 radical (unpaired) electrons. The lowest BCUT2D eigenvalue weighted by Gasteiger charge is -2.18. The Bertz CT molecular complexity index is 724. The van der Waals surface area contributed by atoms with Crippen molar-refractivity contribution < 1.29 is 17.9 Å². The van der Waals surface area contributed by atoms with E-state index < -0.39 is 10.0 Å². The molecule has 2 aliphatic rings. The van der Waals surface area contributed by atoms with Gasteiger partial charge in [-0.15, -0.1) is 0 Å². The van der Waals surface area contributed by atoms with E-state index in [1.54, 1.807) is 17.9 Å². The molecule has 1 aromatic rings. The Morgan fingerprint density at radius 2 is 2.22 bits per heavy atom. The molecule has 23 heavy (non-hydrogen) atoms. The number of fused-ring (bicyclic) bond motifs is 1. The van der Waals surface area contributed by atoms with Gasteiger partial charge in [0.1, 0.15) is 0 Å². The SMILES string of the molecule is CC(=O)N1CCc2cc(C)c(S(=O)(=O)NC[C@H]3CCCO3)cc21. The Kier molecular flexibility index (Phi) is 4.44. The predicted molar refractivity (Wildman–Crippen MR) is 87.1 cm³/mol. The highest BCUT2D eigenvalue weighted by Crippen LogP contribution is 2.32. The maximum absolute atomic E-state index is 12.6. The second-order valence-corrected chi connectivity index (χ2v) is 7.89. The van der Waals surface area contributed by atoms with Crippen molar-refractivity contribution in [3.63, 3.8) is 0 Å². The van der Waals surface area contributed by atoms with E-state index in [1.807, 2.05) is 6.07 Å². The van der Waals surface area contributed by atoms with Gasteiger partial charge in [-0.2, -0.15) is 0 Å². The Hall–Kier alpha value is -1.44. The number of aryl methyl sites for hydroxylation is 1. The Labute approximate surface area is 136 Å². The molecular formula is C16H22N2O4S. The van der Waals surface area contributed by atoms with Gasteiger partial charge in [-0.25, -0.2) is 13.1 Å². The summed E-state index contributed by atoms with van der Waals surface area (Å²) in [5, 5.41) is 0. The summed E-state index contributed by atoms with van der Waals surface area (Å²) < 4.78 is 33.3. The number of ether oxygens (including phenoxy) is 1. The zero-order chi connectivity index (χ0) is 16.6. The van der Waals surface area contributed by atoms with Crippen molar-refractivity contribution in [2.24, 2.45) is 0 Å². The summed E-state index contributed by atoms with van der Waals surface area (Å²) in [6.07, 6.45) is 2.56. The maximum atomic E-state index is 12.6. The van der Waals surface area contributed by atoms with Crippen LogP contribution in [0.25, 0.3) is 0 Å². The number of rotatable bonds is 4. The number of anilines is 1. The lowest BCUT2D eigenvalue weighted by Crippen LogP contribution is -2.32. The monoisotopic (exact) mass is 338 g/mol. The molecule has 0 aliphatic carbocycles. The van der Waals surface area contributed by atoms with E-state index >= 15 is 0 Å². The Morgan fingerprint density at radius 3 is 2.87 bits per heavy atom. The topological polar surface area (TPSA) is 75.7 Å². The number of amides is 1. The number of nitrogens with zero attached hydrogens (tertiary/aromatic N) is 1. The molecule has 2 aliphatic heterocycles. The third-order valence-electron chi connectivity index (χ3n) is 4.47. The fourth-order valence-corrected chi connectivity index (χ4v) is 4.55. The molecule has 6 nitrogen and oxygen atoms in total. The average molecular weight is 338 g/mol. The van der Waals surface area contributed by atoms with E-state index in [9.17, 15) is 13.2 Å². The molecule has 1 atom stereocenters. The zero-order valence-electron chi connectivity index (χ0n) is 13.5. The number of benzene rings is 1. The Morgan fingerprint density at radius 1 is 1.43 bits per heavy atom. The first kappa shape index (κ1) is 16.4. The number of sulfonamides is 1. The molecule has 1 N–H and O–H groups in total. The van der Waals surface area contributed by atoms with E-state index in [0.717, 1.165) is 24.8 Å².